The Labute approximate surface area is 154 Å². The van der Waals surface area contributed by atoms with Gasteiger partial charge < -0.3 is 9.88 Å². The molecule has 2 unspecified atom stereocenters. The van der Waals surface area contributed by atoms with Gasteiger partial charge in [0.25, 0.3) is 0 Å². The Bertz CT molecular complexity index is 920. The van der Waals surface area contributed by atoms with E-state index in [1.807, 2.05) is 13.0 Å². The molecule has 6 nitrogen and oxygen atoms in total. The van der Waals surface area contributed by atoms with Crippen LogP contribution in [0.2, 0.25) is 0 Å². The zero-order chi connectivity index (χ0) is 18.3. The largest absolute Gasteiger partial charge is 0.334 e. The van der Waals surface area contributed by atoms with Crippen LogP contribution in [0.1, 0.15) is 60.3 Å². The van der Waals surface area contributed by atoms with Crippen molar-refractivity contribution in [3.05, 3.63) is 47.0 Å². The second-order valence-corrected chi connectivity index (χ2v) is 9.09. The zero-order valence-electron chi connectivity index (χ0n) is 15.1. The normalized spacial score (nSPS) is 22.7. The maximum Gasteiger partial charge on any atom is 0.238 e. The summed E-state index contributed by atoms with van der Waals surface area (Å²) >= 11 is 0. The van der Waals surface area contributed by atoms with Crippen molar-refractivity contribution in [3.63, 3.8) is 0 Å². The lowest BCUT2D eigenvalue weighted by Gasteiger charge is -2.30. The first-order chi connectivity index (χ1) is 12.4. The second-order valence-electron chi connectivity index (χ2n) is 7.53. The Morgan fingerprint density at radius 1 is 1.31 bits per heavy atom. The molecule has 2 atom stereocenters. The summed E-state index contributed by atoms with van der Waals surface area (Å²) in [4.78, 5) is 4.92. The molecule has 0 saturated carbocycles. The number of aryl methyl sites for hydroxylation is 3. The minimum atomic E-state index is -3.67. The van der Waals surface area contributed by atoms with Crippen molar-refractivity contribution >= 4 is 10.0 Å². The van der Waals surface area contributed by atoms with E-state index in [1.165, 1.54) is 17.8 Å². The van der Waals surface area contributed by atoms with Gasteiger partial charge >= 0.3 is 0 Å². The fraction of sp³-hybridized carbons (Fsp3) is 0.526. The van der Waals surface area contributed by atoms with Gasteiger partial charge in [-0.25, -0.2) is 18.5 Å². The van der Waals surface area contributed by atoms with Crippen molar-refractivity contribution in [2.45, 2.75) is 62.4 Å². The van der Waals surface area contributed by atoms with Crippen molar-refractivity contribution in [2.75, 3.05) is 6.54 Å². The molecule has 3 N–H and O–H groups in total. The topological polar surface area (TPSA) is 90.0 Å². The van der Waals surface area contributed by atoms with Gasteiger partial charge in [0.05, 0.1) is 10.6 Å². The number of rotatable bonds is 4. The van der Waals surface area contributed by atoms with Gasteiger partial charge in [-0.1, -0.05) is 6.07 Å². The molecule has 4 rings (SSSR count). The quantitative estimate of drug-likeness (QED) is 0.860. The fourth-order valence-corrected chi connectivity index (χ4v) is 4.90. The molecule has 0 bridgehead atoms. The van der Waals surface area contributed by atoms with Crippen LogP contribution in [0.3, 0.4) is 0 Å². The van der Waals surface area contributed by atoms with Crippen LogP contribution in [-0.2, 0) is 23.0 Å². The van der Waals surface area contributed by atoms with Gasteiger partial charge in [0.1, 0.15) is 5.82 Å². The molecule has 0 saturated heterocycles. The molecule has 0 amide bonds. The van der Waals surface area contributed by atoms with Crippen molar-refractivity contribution < 1.29 is 8.42 Å². The van der Waals surface area contributed by atoms with Crippen molar-refractivity contribution in [2.24, 2.45) is 5.14 Å². The van der Waals surface area contributed by atoms with Gasteiger partial charge in [-0.15, -0.1) is 0 Å². The van der Waals surface area contributed by atoms with Crippen molar-refractivity contribution in [1.29, 1.82) is 0 Å². The number of nitrogens with two attached hydrogens (primary N) is 1. The smallest absolute Gasteiger partial charge is 0.238 e. The van der Waals surface area contributed by atoms with Crippen LogP contribution in [0.15, 0.2) is 29.3 Å². The molecule has 1 aliphatic carbocycles. The maximum absolute atomic E-state index is 11.7. The fourth-order valence-electron chi connectivity index (χ4n) is 4.35. The SMILES string of the molecule is Cc1cn2c(n1)C(CNC1CCCc3ccc(S(N)(=O)=O)cc31)CCC2. The van der Waals surface area contributed by atoms with Crippen molar-refractivity contribution in [3.8, 4) is 0 Å². The number of hydrogen-bond donors (Lipinski definition) is 2. The van der Waals surface area contributed by atoms with Gasteiger partial charge in [-0.3, -0.25) is 0 Å². The van der Waals surface area contributed by atoms with Crippen LogP contribution in [0.4, 0.5) is 0 Å². The highest BCUT2D eigenvalue weighted by Gasteiger charge is 2.26. The maximum atomic E-state index is 11.7. The first kappa shape index (κ1) is 17.7. The van der Waals surface area contributed by atoms with E-state index in [0.717, 1.165) is 50.0 Å². The van der Waals surface area contributed by atoms with Gasteiger partial charge in [0.2, 0.25) is 10.0 Å². The number of nitrogens with one attached hydrogen (secondary N) is 1. The van der Waals surface area contributed by atoms with Gasteiger partial charge in [0.15, 0.2) is 0 Å². The van der Waals surface area contributed by atoms with Crippen molar-refractivity contribution in [1.82, 2.24) is 14.9 Å². The molecule has 2 aliphatic rings. The molecule has 0 spiro atoms. The van der Waals surface area contributed by atoms with E-state index in [-0.39, 0.29) is 10.9 Å². The Morgan fingerprint density at radius 3 is 2.96 bits per heavy atom. The Morgan fingerprint density at radius 2 is 2.15 bits per heavy atom. The molecule has 140 valence electrons. The van der Waals surface area contributed by atoms with Crippen LogP contribution < -0.4 is 10.5 Å². The summed E-state index contributed by atoms with van der Waals surface area (Å²) in [5.74, 6) is 1.58. The van der Waals surface area contributed by atoms with Crippen LogP contribution in [0, 0.1) is 6.92 Å². The molecule has 2 aromatic rings. The highest BCUT2D eigenvalue weighted by molar-refractivity contribution is 7.89. The zero-order valence-corrected chi connectivity index (χ0v) is 15.9. The van der Waals surface area contributed by atoms with E-state index in [1.54, 1.807) is 12.1 Å². The molecule has 7 heteroatoms. The number of hydrogen-bond acceptors (Lipinski definition) is 4. The van der Waals surface area contributed by atoms with Gasteiger partial charge in [-0.2, -0.15) is 0 Å². The minimum absolute atomic E-state index is 0.173. The summed E-state index contributed by atoms with van der Waals surface area (Å²) in [5, 5.41) is 9.01. The lowest BCUT2D eigenvalue weighted by Crippen LogP contribution is -2.31. The number of sulfonamides is 1. The van der Waals surface area contributed by atoms with Crippen LogP contribution in [0.5, 0.6) is 0 Å². The lowest BCUT2D eigenvalue weighted by molar-refractivity contribution is 0.384. The number of nitrogens with zero attached hydrogens (tertiary/aromatic N) is 2. The summed E-state index contributed by atoms with van der Waals surface area (Å²) in [5.41, 5.74) is 3.38. The Hall–Kier alpha value is -1.70. The predicted molar refractivity (Wildman–Crippen MR) is 100 cm³/mol. The average molecular weight is 375 g/mol. The molecule has 1 aromatic heterocycles. The standard InChI is InChI=1S/C19H26N4O2S/c1-13-12-23-9-3-5-15(19(23)22-13)11-21-18-6-2-4-14-7-8-16(10-17(14)18)26(20,24)25/h7-8,10,12,15,18,21H,2-6,9,11H2,1H3,(H2,20,24,25). The highest BCUT2D eigenvalue weighted by atomic mass is 32.2. The van der Waals surface area contributed by atoms with Crippen LogP contribution in [0.25, 0.3) is 0 Å². The second kappa shape index (κ2) is 6.79. The van der Waals surface area contributed by atoms with Crippen LogP contribution in [-0.4, -0.2) is 24.5 Å². The molecule has 0 radical (unpaired) electrons. The van der Waals surface area contributed by atoms with Crippen LogP contribution >= 0.6 is 0 Å². The molecule has 2 heterocycles. The molecule has 0 fully saturated rings. The van der Waals surface area contributed by atoms with Gasteiger partial charge in [0, 0.05) is 31.2 Å². The summed E-state index contributed by atoms with van der Waals surface area (Å²) in [6.45, 7) is 3.96. The molecule has 1 aliphatic heterocycles. The number of benzene rings is 1. The van der Waals surface area contributed by atoms with E-state index in [9.17, 15) is 8.42 Å². The van der Waals surface area contributed by atoms with E-state index >= 15 is 0 Å². The predicted octanol–water partition coefficient (Wildman–Crippen LogP) is 2.38. The van der Waals surface area contributed by atoms with E-state index < -0.39 is 10.0 Å². The number of imidazole rings is 1. The monoisotopic (exact) mass is 374 g/mol. The van der Waals surface area contributed by atoms with E-state index in [0.29, 0.717) is 5.92 Å². The first-order valence-corrected chi connectivity index (χ1v) is 10.9. The molecule has 1 aromatic carbocycles. The summed E-state index contributed by atoms with van der Waals surface area (Å²) in [6, 6.07) is 5.47. The molecular formula is C19H26N4O2S. The Kier molecular flexibility index (Phi) is 4.62. The first-order valence-electron chi connectivity index (χ1n) is 9.34. The van der Waals surface area contributed by atoms with Gasteiger partial charge in [-0.05, 0) is 62.3 Å². The van der Waals surface area contributed by atoms with E-state index in [2.05, 4.69) is 16.1 Å². The third kappa shape index (κ3) is 3.43. The Balaban J connectivity index is 1.54. The summed E-state index contributed by atoms with van der Waals surface area (Å²) in [6.07, 6.45) is 7.56. The molecule has 26 heavy (non-hydrogen) atoms. The molecular weight excluding hydrogens is 348 g/mol. The third-order valence-corrected chi connectivity index (χ3v) is 6.53. The minimum Gasteiger partial charge on any atom is -0.334 e. The summed E-state index contributed by atoms with van der Waals surface area (Å²) in [7, 11) is -3.67. The lowest BCUT2D eigenvalue weighted by atomic mass is 9.87. The summed E-state index contributed by atoms with van der Waals surface area (Å²) < 4.78 is 25.7. The number of fused-ring (bicyclic) bond motifs is 2. The number of aromatic nitrogens is 2. The highest BCUT2D eigenvalue weighted by Crippen LogP contribution is 2.33. The number of primary sulfonamides is 1. The average Bonchev–Trinajstić information content (AvgIpc) is 2.99. The van der Waals surface area contributed by atoms with E-state index in [4.69, 9.17) is 10.1 Å². The third-order valence-electron chi connectivity index (χ3n) is 5.62.